The van der Waals surface area contributed by atoms with Crippen LogP contribution in [0, 0.1) is 0 Å². The molecule has 8 nitrogen and oxygen atoms in total. The first-order valence-corrected chi connectivity index (χ1v) is 8.59. The van der Waals surface area contributed by atoms with E-state index in [4.69, 9.17) is 13.9 Å². The second kappa shape index (κ2) is 8.75. The Morgan fingerprint density at radius 3 is 2.21 bits per heavy atom. The summed E-state index contributed by atoms with van der Waals surface area (Å²) in [7, 11) is 1.41. The minimum absolute atomic E-state index is 0.180. The van der Waals surface area contributed by atoms with Crippen LogP contribution in [0.15, 0.2) is 65.3 Å². The summed E-state index contributed by atoms with van der Waals surface area (Å²) >= 11 is 0. The summed E-state index contributed by atoms with van der Waals surface area (Å²) in [6.07, 6.45) is 1.41. The Morgan fingerprint density at radius 1 is 0.862 bits per heavy atom. The average molecular weight is 394 g/mol. The Labute approximate surface area is 166 Å². The highest BCUT2D eigenvalue weighted by Crippen LogP contribution is 2.28. The first-order valence-electron chi connectivity index (χ1n) is 8.59. The van der Waals surface area contributed by atoms with Gasteiger partial charge in [0.1, 0.15) is 0 Å². The maximum absolute atomic E-state index is 12.6. The van der Waals surface area contributed by atoms with Gasteiger partial charge in [0, 0.05) is 23.9 Å². The summed E-state index contributed by atoms with van der Waals surface area (Å²) in [6.45, 7) is 1.28. The van der Waals surface area contributed by atoms with E-state index in [0.29, 0.717) is 16.9 Å². The molecule has 0 unspecified atom stereocenters. The number of ether oxygens (including phenoxy) is 2. The highest BCUT2D eigenvalue weighted by Gasteiger charge is 2.14. The van der Waals surface area contributed by atoms with Crippen LogP contribution in [0.5, 0.6) is 11.5 Å². The highest BCUT2D eigenvalue weighted by atomic mass is 16.6. The largest absolute Gasteiger partial charge is 0.493 e. The van der Waals surface area contributed by atoms with Crippen LogP contribution in [-0.4, -0.2) is 24.9 Å². The molecule has 29 heavy (non-hydrogen) atoms. The molecule has 0 saturated carbocycles. The summed E-state index contributed by atoms with van der Waals surface area (Å²) in [5.41, 5.74) is 1.28. The quantitative estimate of drug-likeness (QED) is 0.487. The monoisotopic (exact) mass is 394 g/mol. The molecule has 0 fully saturated rings. The van der Waals surface area contributed by atoms with Gasteiger partial charge in [0.15, 0.2) is 17.3 Å². The molecule has 0 atom stereocenters. The van der Waals surface area contributed by atoms with Crippen molar-refractivity contribution < 1.29 is 28.3 Å². The summed E-state index contributed by atoms with van der Waals surface area (Å²) in [5, 5.41) is 5.43. The smallest absolute Gasteiger partial charge is 0.308 e. The SMILES string of the molecule is COc1cc(C(=O)Nc2cccc(NC(=O)c3ccco3)c2)ccc1OC(C)=O. The molecule has 0 aliphatic carbocycles. The number of amides is 2. The van der Waals surface area contributed by atoms with Crippen molar-refractivity contribution >= 4 is 29.2 Å². The number of nitrogens with one attached hydrogen (secondary N) is 2. The molecule has 2 amide bonds. The van der Waals surface area contributed by atoms with Crippen LogP contribution in [0.3, 0.4) is 0 Å². The van der Waals surface area contributed by atoms with Crippen LogP contribution in [0.4, 0.5) is 11.4 Å². The number of carbonyl (C=O) groups is 3. The lowest BCUT2D eigenvalue weighted by molar-refractivity contribution is -0.132. The summed E-state index contributed by atoms with van der Waals surface area (Å²) in [4.78, 5) is 35.8. The van der Waals surface area contributed by atoms with Gasteiger partial charge in [-0.15, -0.1) is 0 Å². The summed E-state index contributed by atoms with van der Waals surface area (Å²) in [5.74, 6) is -0.628. The first kappa shape index (κ1) is 19.7. The third-order valence-electron chi connectivity index (χ3n) is 3.80. The molecule has 1 aromatic heterocycles. The topological polar surface area (TPSA) is 107 Å². The van der Waals surface area contributed by atoms with Gasteiger partial charge in [-0.25, -0.2) is 0 Å². The van der Waals surface area contributed by atoms with Gasteiger partial charge in [-0.2, -0.15) is 0 Å². The predicted octanol–water partition coefficient (Wildman–Crippen LogP) is 3.72. The maximum atomic E-state index is 12.6. The van der Waals surface area contributed by atoms with Gasteiger partial charge >= 0.3 is 5.97 Å². The zero-order valence-corrected chi connectivity index (χ0v) is 15.7. The van der Waals surface area contributed by atoms with Crippen LogP contribution in [-0.2, 0) is 4.79 Å². The highest BCUT2D eigenvalue weighted by molar-refractivity contribution is 6.06. The Kier molecular flexibility index (Phi) is 5.94. The second-order valence-corrected chi connectivity index (χ2v) is 5.93. The molecule has 1 heterocycles. The molecule has 0 bridgehead atoms. The fourth-order valence-electron chi connectivity index (χ4n) is 2.53. The third kappa shape index (κ3) is 5.01. The van der Waals surface area contributed by atoms with Crippen LogP contribution in [0.2, 0.25) is 0 Å². The molecule has 8 heteroatoms. The lowest BCUT2D eigenvalue weighted by atomic mass is 10.1. The molecule has 148 valence electrons. The Bertz CT molecular complexity index is 1040. The van der Waals surface area contributed by atoms with E-state index in [1.54, 1.807) is 36.4 Å². The van der Waals surface area contributed by atoms with Gasteiger partial charge in [0.05, 0.1) is 13.4 Å². The van der Waals surface area contributed by atoms with E-state index in [-0.39, 0.29) is 17.3 Å². The number of benzene rings is 2. The van der Waals surface area contributed by atoms with E-state index in [2.05, 4.69) is 10.6 Å². The predicted molar refractivity (Wildman–Crippen MR) is 105 cm³/mol. The van der Waals surface area contributed by atoms with Crippen molar-refractivity contribution in [3.63, 3.8) is 0 Å². The standard InChI is InChI=1S/C21H18N2O6/c1-13(24)29-17-9-8-14(11-19(17)27-2)20(25)22-15-5-3-6-16(12-15)23-21(26)18-7-4-10-28-18/h3-12H,1-2H3,(H,22,25)(H,23,26). The van der Waals surface area contributed by atoms with Gasteiger partial charge in [0.25, 0.3) is 11.8 Å². The van der Waals surface area contributed by atoms with Gasteiger partial charge in [-0.1, -0.05) is 6.07 Å². The third-order valence-corrected chi connectivity index (χ3v) is 3.80. The number of rotatable bonds is 6. The molecule has 0 saturated heterocycles. The molecule has 2 aromatic carbocycles. The van der Waals surface area contributed by atoms with Crippen molar-refractivity contribution in [1.82, 2.24) is 0 Å². The maximum Gasteiger partial charge on any atom is 0.308 e. The van der Waals surface area contributed by atoms with Crippen molar-refractivity contribution in [2.75, 3.05) is 17.7 Å². The molecule has 3 aromatic rings. The number of furan rings is 1. The van der Waals surface area contributed by atoms with E-state index in [1.165, 1.54) is 38.5 Å². The van der Waals surface area contributed by atoms with Crippen molar-refractivity contribution in [2.45, 2.75) is 6.92 Å². The van der Waals surface area contributed by atoms with Gasteiger partial charge in [0.2, 0.25) is 0 Å². The van der Waals surface area contributed by atoms with Crippen LogP contribution in [0.1, 0.15) is 27.8 Å². The normalized spacial score (nSPS) is 10.1. The zero-order chi connectivity index (χ0) is 20.8. The molecule has 2 N–H and O–H groups in total. The number of carbonyl (C=O) groups excluding carboxylic acids is 3. The average Bonchev–Trinajstić information content (AvgIpc) is 3.23. The molecule has 0 radical (unpaired) electrons. The molecule has 0 aliphatic rings. The molecule has 0 aliphatic heterocycles. The Morgan fingerprint density at radius 2 is 1.59 bits per heavy atom. The van der Waals surface area contributed by atoms with Gasteiger partial charge in [-0.3, -0.25) is 14.4 Å². The van der Waals surface area contributed by atoms with Crippen LogP contribution >= 0.6 is 0 Å². The van der Waals surface area contributed by atoms with Gasteiger partial charge < -0.3 is 24.5 Å². The molecular weight excluding hydrogens is 376 g/mol. The number of hydrogen-bond donors (Lipinski definition) is 2. The number of esters is 1. The van der Waals surface area contributed by atoms with E-state index < -0.39 is 17.8 Å². The van der Waals surface area contributed by atoms with Crippen molar-refractivity contribution in [3.05, 3.63) is 72.2 Å². The van der Waals surface area contributed by atoms with Crippen molar-refractivity contribution in [3.8, 4) is 11.5 Å². The Balaban J connectivity index is 1.72. The fraction of sp³-hybridized carbons (Fsp3) is 0.0952. The van der Waals surface area contributed by atoms with E-state index in [1.807, 2.05) is 0 Å². The van der Waals surface area contributed by atoms with Crippen LogP contribution < -0.4 is 20.1 Å². The van der Waals surface area contributed by atoms with E-state index >= 15 is 0 Å². The lowest BCUT2D eigenvalue weighted by Crippen LogP contribution is -2.14. The second-order valence-electron chi connectivity index (χ2n) is 5.93. The summed E-state index contributed by atoms with van der Waals surface area (Å²) in [6, 6.07) is 14.3. The van der Waals surface area contributed by atoms with E-state index in [9.17, 15) is 14.4 Å². The Hall–Kier alpha value is -4.07. The minimum atomic E-state index is -0.492. The van der Waals surface area contributed by atoms with Gasteiger partial charge in [-0.05, 0) is 48.5 Å². The van der Waals surface area contributed by atoms with Crippen molar-refractivity contribution in [1.29, 1.82) is 0 Å². The number of hydrogen-bond acceptors (Lipinski definition) is 6. The minimum Gasteiger partial charge on any atom is -0.493 e. The molecular formula is C21H18N2O6. The molecule has 3 rings (SSSR count). The zero-order valence-electron chi connectivity index (χ0n) is 15.7. The van der Waals surface area contributed by atoms with Crippen molar-refractivity contribution in [2.24, 2.45) is 0 Å². The first-order chi connectivity index (χ1) is 14.0. The number of anilines is 2. The fourth-order valence-corrected chi connectivity index (χ4v) is 2.53. The van der Waals surface area contributed by atoms with Crippen LogP contribution in [0.25, 0.3) is 0 Å². The summed E-state index contributed by atoms with van der Waals surface area (Å²) < 4.78 is 15.3. The lowest BCUT2D eigenvalue weighted by Gasteiger charge is -2.11. The molecule has 0 spiro atoms. The van der Waals surface area contributed by atoms with E-state index in [0.717, 1.165) is 0 Å². The number of methoxy groups -OCH3 is 1.